The summed E-state index contributed by atoms with van der Waals surface area (Å²) in [6.07, 6.45) is 1.40. The Hall–Kier alpha value is -2.32. The van der Waals surface area contributed by atoms with Gasteiger partial charge in [-0.1, -0.05) is 28.1 Å². The van der Waals surface area contributed by atoms with Crippen LogP contribution in [0.5, 0.6) is 5.75 Å². The van der Waals surface area contributed by atoms with Gasteiger partial charge in [0.15, 0.2) is 5.82 Å². The Labute approximate surface area is 150 Å². The average Bonchev–Trinajstić information content (AvgIpc) is 2.96. The molecular formula is C16H12BrFN4OS. The number of benzene rings is 2. The molecule has 3 aromatic rings. The first-order valence-electron chi connectivity index (χ1n) is 6.90. The van der Waals surface area contributed by atoms with Crippen molar-refractivity contribution in [3.63, 3.8) is 0 Å². The van der Waals surface area contributed by atoms with Crippen LogP contribution >= 0.6 is 28.1 Å². The van der Waals surface area contributed by atoms with Gasteiger partial charge in [-0.3, -0.25) is 0 Å². The molecule has 0 unspecified atom stereocenters. The van der Waals surface area contributed by atoms with Gasteiger partial charge >= 0.3 is 0 Å². The monoisotopic (exact) mass is 406 g/mol. The number of aromatic nitrogens is 3. The van der Waals surface area contributed by atoms with Crippen LogP contribution in [-0.2, 0) is 0 Å². The highest BCUT2D eigenvalue weighted by atomic mass is 79.9. The molecule has 0 atom stereocenters. The molecule has 3 rings (SSSR count). The molecule has 5 nitrogen and oxygen atoms in total. The summed E-state index contributed by atoms with van der Waals surface area (Å²) in [7, 11) is 1.59. The fourth-order valence-electron chi connectivity index (χ4n) is 2.08. The highest BCUT2D eigenvalue weighted by molar-refractivity contribution is 9.10. The second kappa shape index (κ2) is 7.06. The van der Waals surface area contributed by atoms with E-state index >= 15 is 0 Å². The number of hydrogen-bond acceptors (Lipinski definition) is 4. The molecule has 0 aliphatic heterocycles. The third kappa shape index (κ3) is 3.44. The maximum absolute atomic E-state index is 13.8. The maximum atomic E-state index is 13.8. The lowest BCUT2D eigenvalue weighted by molar-refractivity contribution is 0.415. The summed E-state index contributed by atoms with van der Waals surface area (Å²) in [6.45, 7) is 0. The molecule has 0 aliphatic rings. The zero-order valence-electron chi connectivity index (χ0n) is 12.5. The second-order valence-corrected chi connectivity index (χ2v) is 6.11. The van der Waals surface area contributed by atoms with E-state index in [9.17, 15) is 4.39 Å². The van der Waals surface area contributed by atoms with Crippen LogP contribution in [0.25, 0.3) is 11.4 Å². The number of nitrogens with one attached hydrogen (secondary N) is 1. The molecule has 8 heteroatoms. The molecule has 0 saturated carbocycles. The molecule has 1 aromatic heterocycles. The second-order valence-electron chi connectivity index (χ2n) is 4.81. The molecule has 0 radical (unpaired) electrons. The predicted octanol–water partition coefficient (Wildman–Crippen LogP) is 4.40. The van der Waals surface area contributed by atoms with Gasteiger partial charge in [0.25, 0.3) is 0 Å². The Morgan fingerprint density at radius 2 is 2.17 bits per heavy atom. The van der Waals surface area contributed by atoms with Gasteiger partial charge in [0.1, 0.15) is 11.6 Å². The molecular weight excluding hydrogens is 395 g/mol. The molecule has 2 aromatic carbocycles. The molecule has 0 amide bonds. The van der Waals surface area contributed by atoms with Gasteiger partial charge in [-0.15, -0.1) is 0 Å². The maximum Gasteiger partial charge on any atom is 0.216 e. The standard InChI is InChI=1S/C16H12BrFN4OS/c1-23-13-4-2-3-10(8-13)15-20-21-16(24)22(15)19-9-11-7-12(17)5-6-14(11)18/h2-9H,1H3,(H,21,24). The number of ether oxygens (including phenoxy) is 1. The van der Waals surface area contributed by atoms with Crippen LogP contribution in [0.4, 0.5) is 4.39 Å². The number of nitrogens with zero attached hydrogens (tertiary/aromatic N) is 3. The van der Waals surface area contributed by atoms with Crippen molar-refractivity contribution in [1.29, 1.82) is 0 Å². The van der Waals surface area contributed by atoms with Crippen LogP contribution in [0.2, 0.25) is 0 Å². The average molecular weight is 407 g/mol. The van der Waals surface area contributed by atoms with E-state index in [1.54, 1.807) is 19.2 Å². The number of hydrogen-bond donors (Lipinski definition) is 1. The van der Waals surface area contributed by atoms with E-state index < -0.39 is 0 Å². The van der Waals surface area contributed by atoms with Crippen molar-refractivity contribution in [2.45, 2.75) is 0 Å². The number of methoxy groups -OCH3 is 1. The van der Waals surface area contributed by atoms with Crippen LogP contribution < -0.4 is 4.74 Å². The fraction of sp³-hybridized carbons (Fsp3) is 0.0625. The Kier molecular flexibility index (Phi) is 4.86. The molecule has 24 heavy (non-hydrogen) atoms. The van der Waals surface area contributed by atoms with Crippen molar-refractivity contribution in [3.8, 4) is 17.1 Å². The molecule has 122 valence electrons. The molecule has 1 N–H and O–H groups in total. The van der Waals surface area contributed by atoms with Gasteiger partial charge in [-0.25, -0.2) is 9.49 Å². The lowest BCUT2D eigenvalue weighted by atomic mass is 10.2. The Bertz CT molecular complexity index is 967. The van der Waals surface area contributed by atoms with Crippen molar-refractivity contribution in [3.05, 3.63) is 63.1 Å². The first-order chi connectivity index (χ1) is 11.6. The van der Waals surface area contributed by atoms with E-state index in [0.717, 1.165) is 10.0 Å². The van der Waals surface area contributed by atoms with Gasteiger partial charge in [-0.2, -0.15) is 14.9 Å². The van der Waals surface area contributed by atoms with Crippen LogP contribution in [0.1, 0.15) is 5.56 Å². The quantitative estimate of drug-likeness (QED) is 0.515. The fourth-order valence-corrected chi connectivity index (χ4v) is 2.64. The summed E-state index contributed by atoms with van der Waals surface area (Å²) < 4.78 is 21.5. The highest BCUT2D eigenvalue weighted by Gasteiger charge is 2.09. The Morgan fingerprint density at radius 1 is 1.33 bits per heavy atom. The van der Waals surface area contributed by atoms with Crippen molar-refractivity contribution in [2.75, 3.05) is 7.11 Å². The zero-order chi connectivity index (χ0) is 17.1. The first-order valence-corrected chi connectivity index (χ1v) is 8.10. The van der Waals surface area contributed by atoms with Gasteiger partial charge in [-0.05, 0) is 42.5 Å². The summed E-state index contributed by atoms with van der Waals surface area (Å²) in [5.41, 5.74) is 1.11. The lowest BCUT2D eigenvalue weighted by Gasteiger charge is -2.04. The van der Waals surface area contributed by atoms with E-state index in [2.05, 4.69) is 31.2 Å². The van der Waals surface area contributed by atoms with Gasteiger partial charge in [0.05, 0.1) is 13.3 Å². The minimum absolute atomic E-state index is 0.305. The van der Waals surface area contributed by atoms with Crippen molar-refractivity contribution < 1.29 is 9.13 Å². The SMILES string of the molecule is COc1cccc(-c2n[nH]c(=S)n2N=Cc2cc(Br)ccc2F)c1. The van der Waals surface area contributed by atoms with Crippen molar-refractivity contribution in [2.24, 2.45) is 5.10 Å². The molecule has 0 saturated heterocycles. The summed E-state index contributed by atoms with van der Waals surface area (Å²) in [5.74, 6) is 0.820. The summed E-state index contributed by atoms with van der Waals surface area (Å²) >= 11 is 8.51. The number of aromatic amines is 1. The van der Waals surface area contributed by atoms with E-state index in [0.29, 0.717) is 21.9 Å². The minimum Gasteiger partial charge on any atom is -0.497 e. The Balaban J connectivity index is 2.03. The largest absolute Gasteiger partial charge is 0.497 e. The highest BCUT2D eigenvalue weighted by Crippen LogP contribution is 2.22. The third-order valence-corrected chi connectivity index (χ3v) is 4.01. The van der Waals surface area contributed by atoms with Crippen LogP contribution in [0.15, 0.2) is 52.0 Å². The third-order valence-electron chi connectivity index (χ3n) is 3.25. The van der Waals surface area contributed by atoms with E-state index in [-0.39, 0.29) is 5.82 Å². The van der Waals surface area contributed by atoms with Gasteiger partial charge in [0, 0.05) is 15.6 Å². The first kappa shape index (κ1) is 16.5. The van der Waals surface area contributed by atoms with Gasteiger partial charge < -0.3 is 4.74 Å². The molecule has 0 bridgehead atoms. The number of halogens is 2. The molecule has 0 spiro atoms. The van der Waals surface area contributed by atoms with Gasteiger partial charge in [0.2, 0.25) is 4.77 Å². The smallest absolute Gasteiger partial charge is 0.216 e. The molecule has 0 aliphatic carbocycles. The normalized spacial score (nSPS) is 11.1. The lowest BCUT2D eigenvalue weighted by Crippen LogP contribution is -1.97. The van der Waals surface area contributed by atoms with Crippen LogP contribution in [-0.4, -0.2) is 28.2 Å². The summed E-state index contributed by atoms with van der Waals surface area (Å²) in [4.78, 5) is 0. The number of H-pyrrole nitrogens is 1. The number of rotatable bonds is 4. The summed E-state index contributed by atoms with van der Waals surface area (Å²) in [5, 5.41) is 11.1. The van der Waals surface area contributed by atoms with Crippen molar-refractivity contribution >= 4 is 34.4 Å². The zero-order valence-corrected chi connectivity index (χ0v) is 14.9. The van der Waals surface area contributed by atoms with Crippen LogP contribution in [0.3, 0.4) is 0 Å². The van der Waals surface area contributed by atoms with E-state index in [1.807, 2.05) is 24.3 Å². The van der Waals surface area contributed by atoms with Crippen LogP contribution in [0, 0.1) is 10.6 Å². The summed E-state index contributed by atoms with van der Waals surface area (Å²) in [6, 6.07) is 12.0. The minimum atomic E-state index is -0.375. The molecule has 1 heterocycles. The Morgan fingerprint density at radius 3 is 2.96 bits per heavy atom. The van der Waals surface area contributed by atoms with E-state index in [4.69, 9.17) is 17.0 Å². The topological polar surface area (TPSA) is 55.2 Å². The molecule has 0 fully saturated rings. The van der Waals surface area contributed by atoms with Crippen molar-refractivity contribution in [1.82, 2.24) is 14.9 Å². The predicted molar refractivity (Wildman–Crippen MR) is 96.5 cm³/mol. The van der Waals surface area contributed by atoms with E-state index in [1.165, 1.54) is 17.0 Å².